The van der Waals surface area contributed by atoms with E-state index in [1.807, 2.05) is 46.7 Å². The summed E-state index contributed by atoms with van der Waals surface area (Å²) in [5.41, 5.74) is 2.50. The van der Waals surface area contributed by atoms with Crippen molar-refractivity contribution < 1.29 is 9.53 Å². The Morgan fingerprint density at radius 3 is 3.04 bits per heavy atom. The number of rotatable bonds is 5. The zero-order chi connectivity index (χ0) is 18.6. The molecule has 1 aliphatic rings. The second-order valence-electron chi connectivity index (χ2n) is 6.60. The van der Waals surface area contributed by atoms with Crippen LogP contribution in [0.4, 0.5) is 0 Å². The minimum absolute atomic E-state index is 0.0128. The molecule has 6 heteroatoms. The molecule has 1 unspecified atom stereocenters. The zero-order valence-corrected chi connectivity index (χ0v) is 16.0. The molecule has 1 aromatic carbocycles. The molecule has 138 valence electrons. The molecule has 27 heavy (non-hydrogen) atoms. The van der Waals surface area contributed by atoms with Gasteiger partial charge in [0.2, 0.25) is 0 Å². The summed E-state index contributed by atoms with van der Waals surface area (Å²) in [6.07, 6.45) is 4.61. The fraction of sp³-hybridized carbons (Fsp3) is 0.286. The summed E-state index contributed by atoms with van der Waals surface area (Å²) in [5, 5.41) is 2.62. The number of hydrogen-bond acceptors (Lipinski definition) is 5. The Kier molecular flexibility index (Phi) is 5.16. The Balaban J connectivity index is 1.50. The van der Waals surface area contributed by atoms with Gasteiger partial charge in [-0.15, -0.1) is 11.3 Å². The van der Waals surface area contributed by atoms with E-state index < -0.39 is 0 Å². The van der Waals surface area contributed by atoms with Crippen LogP contribution in [0.2, 0.25) is 0 Å². The smallest absolute Gasteiger partial charge is 0.273 e. The Bertz CT molecular complexity index is 926. The van der Waals surface area contributed by atoms with E-state index in [1.165, 1.54) is 16.9 Å². The normalized spacial score (nSPS) is 16.5. The van der Waals surface area contributed by atoms with Crippen LogP contribution >= 0.6 is 11.3 Å². The average molecular weight is 379 g/mol. The van der Waals surface area contributed by atoms with Gasteiger partial charge in [0.15, 0.2) is 0 Å². The lowest BCUT2D eigenvalue weighted by Crippen LogP contribution is -2.37. The van der Waals surface area contributed by atoms with E-state index in [9.17, 15) is 4.79 Å². The number of likely N-dealkylation sites (tertiary alicyclic amines) is 1. The molecule has 3 heterocycles. The van der Waals surface area contributed by atoms with Crippen molar-refractivity contribution in [3.63, 3.8) is 0 Å². The van der Waals surface area contributed by atoms with Gasteiger partial charge in [-0.25, -0.2) is 4.98 Å². The van der Waals surface area contributed by atoms with Gasteiger partial charge in [-0.3, -0.25) is 9.78 Å². The lowest BCUT2D eigenvalue weighted by molar-refractivity contribution is 0.0731. The molecule has 1 amide bonds. The number of ether oxygens (including phenoxy) is 1. The summed E-state index contributed by atoms with van der Waals surface area (Å²) in [4.78, 5) is 23.9. The molecule has 0 bridgehead atoms. The third-order valence-corrected chi connectivity index (χ3v) is 5.72. The van der Waals surface area contributed by atoms with Crippen LogP contribution in [-0.2, 0) is 6.42 Å². The number of aromatic nitrogens is 2. The summed E-state index contributed by atoms with van der Waals surface area (Å²) in [6, 6.07) is 14.0. The number of carbonyl (C=O) groups is 1. The monoisotopic (exact) mass is 379 g/mol. The highest BCUT2D eigenvalue weighted by Crippen LogP contribution is 2.27. The number of pyridine rings is 1. The van der Waals surface area contributed by atoms with Crippen LogP contribution in [0.15, 0.2) is 54.0 Å². The third-order valence-electron chi connectivity index (χ3n) is 4.85. The first-order valence-electron chi connectivity index (χ1n) is 9.05. The van der Waals surface area contributed by atoms with Crippen LogP contribution in [0.1, 0.15) is 28.9 Å². The Morgan fingerprint density at radius 2 is 2.22 bits per heavy atom. The van der Waals surface area contributed by atoms with E-state index in [0.717, 1.165) is 42.3 Å². The molecule has 2 aromatic heterocycles. The molecule has 0 saturated carbocycles. The van der Waals surface area contributed by atoms with Crippen molar-refractivity contribution in [1.82, 2.24) is 14.9 Å². The van der Waals surface area contributed by atoms with Gasteiger partial charge >= 0.3 is 0 Å². The molecule has 0 spiro atoms. The molecule has 0 radical (unpaired) electrons. The summed E-state index contributed by atoms with van der Waals surface area (Å²) in [7, 11) is 1.67. The molecular weight excluding hydrogens is 358 g/mol. The van der Waals surface area contributed by atoms with E-state index >= 15 is 0 Å². The SMILES string of the molecule is COc1cccc(CC2CCCN2C(=O)c2csc(-c3ccccn3)n2)c1. The highest BCUT2D eigenvalue weighted by Gasteiger charge is 2.30. The molecule has 3 aromatic rings. The number of benzene rings is 1. The average Bonchev–Trinajstić information content (AvgIpc) is 3.38. The van der Waals surface area contributed by atoms with E-state index in [2.05, 4.69) is 16.0 Å². The van der Waals surface area contributed by atoms with Gasteiger partial charge in [0.05, 0.1) is 12.8 Å². The first kappa shape index (κ1) is 17.7. The van der Waals surface area contributed by atoms with Gasteiger partial charge in [0.1, 0.15) is 16.5 Å². The Hall–Kier alpha value is -2.73. The maximum atomic E-state index is 13.0. The molecule has 0 aliphatic carbocycles. The topological polar surface area (TPSA) is 55.3 Å². The number of carbonyl (C=O) groups excluding carboxylic acids is 1. The van der Waals surface area contributed by atoms with Crippen LogP contribution in [0.5, 0.6) is 5.75 Å². The maximum absolute atomic E-state index is 13.0. The molecule has 1 aliphatic heterocycles. The number of amides is 1. The van der Waals surface area contributed by atoms with Crippen LogP contribution in [0, 0.1) is 0 Å². The molecular formula is C21H21N3O2S. The second-order valence-corrected chi connectivity index (χ2v) is 7.46. The summed E-state index contributed by atoms with van der Waals surface area (Å²) >= 11 is 1.46. The third kappa shape index (κ3) is 3.85. The Labute approximate surface area is 162 Å². The molecule has 1 atom stereocenters. The van der Waals surface area contributed by atoms with Gasteiger partial charge in [-0.05, 0) is 49.1 Å². The molecule has 5 nitrogen and oxygen atoms in total. The van der Waals surface area contributed by atoms with E-state index in [-0.39, 0.29) is 11.9 Å². The molecule has 1 saturated heterocycles. The molecule has 4 rings (SSSR count). The fourth-order valence-electron chi connectivity index (χ4n) is 3.51. The first-order valence-corrected chi connectivity index (χ1v) is 9.93. The zero-order valence-electron chi connectivity index (χ0n) is 15.2. The van der Waals surface area contributed by atoms with Gasteiger partial charge in [-0.2, -0.15) is 0 Å². The summed E-state index contributed by atoms with van der Waals surface area (Å²) < 4.78 is 5.31. The lowest BCUT2D eigenvalue weighted by atomic mass is 10.0. The van der Waals surface area contributed by atoms with Gasteiger partial charge in [0, 0.05) is 24.2 Å². The minimum Gasteiger partial charge on any atom is -0.497 e. The van der Waals surface area contributed by atoms with Crippen molar-refractivity contribution in [3.8, 4) is 16.5 Å². The number of methoxy groups -OCH3 is 1. The van der Waals surface area contributed by atoms with Crippen molar-refractivity contribution in [2.24, 2.45) is 0 Å². The fourth-order valence-corrected chi connectivity index (χ4v) is 4.28. The first-order chi connectivity index (χ1) is 13.2. The van der Waals surface area contributed by atoms with E-state index in [1.54, 1.807) is 13.3 Å². The van der Waals surface area contributed by atoms with Crippen LogP contribution in [-0.4, -0.2) is 40.5 Å². The predicted molar refractivity (Wildman–Crippen MR) is 106 cm³/mol. The van der Waals surface area contributed by atoms with Crippen LogP contribution in [0.25, 0.3) is 10.7 Å². The lowest BCUT2D eigenvalue weighted by Gasteiger charge is -2.24. The Morgan fingerprint density at radius 1 is 1.30 bits per heavy atom. The van der Waals surface area contributed by atoms with Gasteiger partial charge < -0.3 is 9.64 Å². The van der Waals surface area contributed by atoms with Crippen molar-refractivity contribution in [1.29, 1.82) is 0 Å². The molecule has 0 N–H and O–H groups in total. The number of nitrogens with zero attached hydrogens (tertiary/aromatic N) is 3. The van der Waals surface area contributed by atoms with E-state index in [4.69, 9.17) is 4.74 Å². The van der Waals surface area contributed by atoms with Gasteiger partial charge in [0.25, 0.3) is 5.91 Å². The minimum atomic E-state index is 0.0128. The highest BCUT2D eigenvalue weighted by molar-refractivity contribution is 7.13. The second kappa shape index (κ2) is 7.88. The van der Waals surface area contributed by atoms with Crippen LogP contribution in [0.3, 0.4) is 0 Å². The highest BCUT2D eigenvalue weighted by atomic mass is 32.1. The van der Waals surface area contributed by atoms with Gasteiger partial charge in [-0.1, -0.05) is 18.2 Å². The maximum Gasteiger partial charge on any atom is 0.273 e. The van der Waals surface area contributed by atoms with Crippen molar-refractivity contribution in [2.75, 3.05) is 13.7 Å². The number of thiazole rings is 1. The quantitative estimate of drug-likeness (QED) is 0.671. The van der Waals surface area contributed by atoms with E-state index in [0.29, 0.717) is 5.69 Å². The van der Waals surface area contributed by atoms with Crippen molar-refractivity contribution in [2.45, 2.75) is 25.3 Å². The predicted octanol–water partition coefficient (Wildman–Crippen LogP) is 4.06. The number of hydrogen-bond donors (Lipinski definition) is 0. The summed E-state index contributed by atoms with van der Waals surface area (Å²) in [6.45, 7) is 0.782. The molecule has 1 fully saturated rings. The van der Waals surface area contributed by atoms with Crippen LogP contribution < -0.4 is 4.74 Å². The van der Waals surface area contributed by atoms with Crippen molar-refractivity contribution >= 4 is 17.2 Å². The van der Waals surface area contributed by atoms with Crippen molar-refractivity contribution in [3.05, 3.63) is 65.3 Å². The standard InChI is InChI=1S/C21H21N3O2S/c1-26-17-8-4-6-15(13-17)12-16-7-5-11-24(16)21(25)19-14-27-20(23-19)18-9-2-3-10-22-18/h2-4,6,8-10,13-14,16H,5,7,11-12H2,1H3. The summed E-state index contributed by atoms with van der Waals surface area (Å²) in [5.74, 6) is 0.863. The largest absolute Gasteiger partial charge is 0.497 e.